The largest absolute Gasteiger partial charge is 0.490 e. The Labute approximate surface area is 256 Å². The SMILES string of the molecule is CCCC1C(=O)N(C(Cc2ccc(Cl)cc2)C(=O)NCCF)CCN1C(=O)C(N)Cc1ccc(F)cc1.O=C(O)C(F)(F)F. The van der Waals surface area contributed by atoms with E-state index in [1.54, 1.807) is 36.4 Å². The number of piperazine rings is 1. The fourth-order valence-electron chi connectivity index (χ4n) is 4.58. The summed E-state index contributed by atoms with van der Waals surface area (Å²) in [6.45, 7) is 1.38. The van der Waals surface area contributed by atoms with Crippen molar-refractivity contribution < 1.29 is 46.2 Å². The molecule has 3 unspecified atom stereocenters. The number of nitrogens with two attached hydrogens (primary N) is 1. The average Bonchev–Trinajstić information content (AvgIpc) is 2.97. The van der Waals surface area contributed by atoms with Crippen LogP contribution in [0.4, 0.5) is 22.0 Å². The number of alkyl halides is 4. The Hall–Kier alpha value is -3.78. The van der Waals surface area contributed by atoms with Crippen LogP contribution in [0, 0.1) is 5.82 Å². The summed E-state index contributed by atoms with van der Waals surface area (Å²) in [5.41, 5.74) is 7.72. The van der Waals surface area contributed by atoms with Crippen molar-refractivity contribution in [2.24, 2.45) is 5.73 Å². The molecule has 2 aromatic rings. The van der Waals surface area contributed by atoms with Crippen LogP contribution >= 0.6 is 11.6 Å². The molecule has 2 aromatic carbocycles. The van der Waals surface area contributed by atoms with Gasteiger partial charge in [-0.3, -0.25) is 14.4 Å². The molecule has 44 heavy (non-hydrogen) atoms. The minimum atomic E-state index is -5.08. The van der Waals surface area contributed by atoms with E-state index in [0.29, 0.717) is 23.4 Å². The monoisotopic (exact) mass is 648 g/mol. The van der Waals surface area contributed by atoms with Crippen molar-refractivity contribution in [1.82, 2.24) is 15.1 Å². The zero-order chi connectivity index (χ0) is 33.0. The third-order valence-corrected chi connectivity index (χ3v) is 6.97. The second-order valence-electron chi connectivity index (χ2n) is 9.93. The zero-order valence-corrected chi connectivity index (χ0v) is 24.6. The van der Waals surface area contributed by atoms with Gasteiger partial charge in [0.05, 0.1) is 6.04 Å². The molecule has 0 radical (unpaired) electrons. The third kappa shape index (κ3) is 10.7. The Bertz CT molecular complexity index is 1260. The van der Waals surface area contributed by atoms with Gasteiger partial charge in [-0.25, -0.2) is 13.6 Å². The lowest BCUT2D eigenvalue weighted by atomic mass is 9.97. The van der Waals surface area contributed by atoms with Gasteiger partial charge in [0.25, 0.3) is 0 Å². The summed E-state index contributed by atoms with van der Waals surface area (Å²) in [6, 6.07) is 10.2. The van der Waals surface area contributed by atoms with E-state index < -0.39 is 42.9 Å². The van der Waals surface area contributed by atoms with Crippen molar-refractivity contribution in [3.8, 4) is 0 Å². The number of rotatable bonds is 11. The molecule has 1 heterocycles. The Morgan fingerprint density at radius 2 is 1.59 bits per heavy atom. The molecule has 3 amide bonds. The van der Waals surface area contributed by atoms with Gasteiger partial charge in [0.2, 0.25) is 17.7 Å². The second kappa shape index (κ2) is 16.9. The molecular formula is C29H34ClF5N4O5. The molecule has 1 aliphatic heterocycles. The molecule has 0 spiro atoms. The molecule has 4 N–H and O–H groups in total. The minimum Gasteiger partial charge on any atom is -0.475 e. The summed E-state index contributed by atoms with van der Waals surface area (Å²) < 4.78 is 57.7. The normalized spacial score (nSPS) is 16.5. The zero-order valence-electron chi connectivity index (χ0n) is 23.8. The Morgan fingerprint density at radius 1 is 1.05 bits per heavy atom. The van der Waals surface area contributed by atoms with Crippen LogP contribution in [0.5, 0.6) is 0 Å². The van der Waals surface area contributed by atoms with E-state index in [4.69, 9.17) is 27.2 Å². The summed E-state index contributed by atoms with van der Waals surface area (Å²) in [6.07, 6.45) is -3.61. The van der Waals surface area contributed by atoms with Crippen LogP contribution in [0.1, 0.15) is 30.9 Å². The fraction of sp³-hybridized carbons (Fsp3) is 0.448. The van der Waals surface area contributed by atoms with Gasteiger partial charge in [-0.1, -0.05) is 49.2 Å². The van der Waals surface area contributed by atoms with Crippen molar-refractivity contribution in [1.29, 1.82) is 0 Å². The van der Waals surface area contributed by atoms with E-state index in [-0.39, 0.29) is 50.1 Å². The summed E-state index contributed by atoms with van der Waals surface area (Å²) in [5, 5.41) is 10.2. The van der Waals surface area contributed by atoms with Crippen molar-refractivity contribution in [3.05, 3.63) is 70.5 Å². The minimum absolute atomic E-state index is 0.134. The van der Waals surface area contributed by atoms with E-state index in [9.17, 15) is 36.3 Å². The molecule has 0 bridgehead atoms. The lowest BCUT2D eigenvalue weighted by Gasteiger charge is -2.44. The van der Waals surface area contributed by atoms with Crippen molar-refractivity contribution in [2.75, 3.05) is 26.3 Å². The molecule has 9 nitrogen and oxygen atoms in total. The number of carbonyl (C=O) groups excluding carboxylic acids is 3. The van der Waals surface area contributed by atoms with Crippen LogP contribution in [0.15, 0.2) is 48.5 Å². The summed E-state index contributed by atoms with van der Waals surface area (Å²) in [7, 11) is 0. The molecule has 3 rings (SSSR count). The van der Waals surface area contributed by atoms with Crippen molar-refractivity contribution in [2.45, 2.75) is 56.9 Å². The molecule has 242 valence electrons. The molecule has 1 fully saturated rings. The number of benzene rings is 2. The predicted octanol–water partition coefficient (Wildman–Crippen LogP) is 3.52. The molecule has 15 heteroatoms. The average molecular weight is 649 g/mol. The lowest BCUT2D eigenvalue weighted by Crippen LogP contribution is -2.65. The van der Waals surface area contributed by atoms with Crippen LogP contribution in [0.3, 0.4) is 0 Å². The molecule has 0 saturated carbocycles. The predicted molar refractivity (Wildman–Crippen MR) is 152 cm³/mol. The number of hydrogen-bond donors (Lipinski definition) is 3. The van der Waals surface area contributed by atoms with Crippen LogP contribution in [0.25, 0.3) is 0 Å². The molecular weight excluding hydrogens is 615 g/mol. The highest BCUT2D eigenvalue weighted by atomic mass is 35.5. The molecule has 0 aromatic heterocycles. The van der Waals surface area contributed by atoms with Gasteiger partial charge in [-0.05, 0) is 48.2 Å². The Kier molecular flexibility index (Phi) is 14.0. The van der Waals surface area contributed by atoms with Gasteiger partial charge < -0.3 is 26.0 Å². The second-order valence-corrected chi connectivity index (χ2v) is 10.4. The first-order valence-electron chi connectivity index (χ1n) is 13.7. The number of hydrogen-bond acceptors (Lipinski definition) is 5. The Morgan fingerprint density at radius 3 is 2.11 bits per heavy atom. The van der Waals surface area contributed by atoms with Gasteiger partial charge in [0, 0.05) is 31.1 Å². The summed E-state index contributed by atoms with van der Waals surface area (Å²) in [5.74, 6) is -4.30. The number of amides is 3. The maximum absolute atomic E-state index is 13.7. The van der Waals surface area contributed by atoms with Gasteiger partial charge in [-0.15, -0.1) is 0 Å². The third-order valence-electron chi connectivity index (χ3n) is 6.71. The van der Waals surface area contributed by atoms with Gasteiger partial charge >= 0.3 is 12.1 Å². The lowest BCUT2D eigenvalue weighted by molar-refractivity contribution is -0.192. The summed E-state index contributed by atoms with van der Waals surface area (Å²) >= 11 is 5.98. The topological polar surface area (TPSA) is 133 Å². The number of nitrogens with zero attached hydrogens (tertiary/aromatic N) is 2. The van der Waals surface area contributed by atoms with E-state index in [1.165, 1.54) is 21.9 Å². The van der Waals surface area contributed by atoms with Gasteiger partial charge in [0.15, 0.2) is 0 Å². The highest BCUT2D eigenvalue weighted by molar-refractivity contribution is 6.30. The number of halogens is 6. The number of carbonyl (C=O) groups is 4. The van der Waals surface area contributed by atoms with E-state index in [0.717, 1.165) is 5.56 Å². The van der Waals surface area contributed by atoms with E-state index in [1.807, 2.05) is 6.92 Å². The highest BCUT2D eigenvalue weighted by Crippen LogP contribution is 2.23. The molecule has 1 aliphatic rings. The van der Waals surface area contributed by atoms with Crippen molar-refractivity contribution >= 4 is 35.3 Å². The Balaban J connectivity index is 0.000000860. The van der Waals surface area contributed by atoms with Crippen LogP contribution in [0.2, 0.25) is 5.02 Å². The van der Waals surface area contributed by atoms with Crippen LogP contribution in [-0.4, -0.2) is 89.2 Å². The van der Waals surface area contributed by atoms with Gasteiger partial charge in [0.1, 0.15) is 24.6 Å². The maximum atomic E-state index is 13.7. The highest BCUT2D eigenvalue weighted by Gasteiger charge is 2.42. The first-order valence-corrected chi connectivity index (χ1v) is 14.1. The first kappa shape index (κ1) is 36.4. The molecule has 1 saturated heterocycles. The number of carboxylic acid groups (broad SMARTS) is 1. The van der Waals surface area contributed by atoms with Gasteiger partial charge in [-0.2, -0.15) is 13.2 Å². The number of aliphatic carboxylic acids is 1. The van der Waals surface area contributed by atoms with E-state index in [2.05, 4.69) is 5.32 Å². The fourth-order valence-corrected chi connectivity index (χ4v) is 4.71. The van der Waals surface area contributed by atoms with Crippen molar-refractivity contribution in [3.63, 3.8) is 0 Å². The smallest absolute Gasteiger partial charge is 0.475 e. The summed E-state index contributed by atoms with van der Waals surface area (Å²) in [4.78, 5) is 51.9. The quantitative estimate of drug-likeness (QED) is 0.320. The maximum Gasteiger partial charge on any atom is 0.490 e. The number of nitrogens with one attached hydrogen (secondary N) is 1. The number of carboxylic acids is 1. The standard InChI is InChI=1S/C27H33ClF2N4O3.C2HF3O2/c1-2-3-23-27(37)34(24(25(35)32-13-12-29)17-19-4-8-20(28)9-5-19)15-14-33(23)26(36)22(31)16-18-6-10-21(30)11-7-18;3-2(4,5)1(6)7/h4-11,22-24H,2-3,12-17,31H2,1H3,(H,32,35);(H,6,7). The molecule has 3 atom stereocenters. The van der Waals surface area contributed by atoms with E-state index >= 15 is 0 Å². The first-order chi connectivity index (χ1) is 20.7. The molecule has 0 aliphatic carbocycles. The van der Waals surface area contributed by atoms with Crippen LogP contribution in [-0.2, 0) is 32.0 Å². The van der Waals surface area contributed by atoms with Crippen LogP contribution < -0.4 is 11.1 Å².